The number of thiocarbonyl (C=S) groups is 1. The van der Waals surface area contributed by atoms with E-state index in [1.165, 1.54) is 24.6 Å². The average molecular weight is 347 g/mol. The third-order valence-corrected chi connectivity index (χ3v) is 5.84. The summed E-state index contributed by atoms with van der Waals surface area (Å²) in [6.07, 6.45) is 3.31. The second-order valence-electron chi connectivity index (χ2n) is 5.64. The summed E-state index contributed by atoms with van der Waals surface area (Å²) in [6, 6.07) is 4.40. The zero-order valence-corrected chi connectivity index (χ0v) is 14.2. The van der Waals surface area contributed by atoms with Crippen LogP contribution in [0.2, 0.25) is 5.02 Å². The Labute approximate surface area is 136 Å². The van der Waals surface area contributed by atoms with E-state index in [1.54, 1.807) is 0 Å². The summed E-state index contributed by atoms with van der Waals surface area (Å²) in [7, 11) is -3.55. The van der Waals surface area contributed by atoms with Gasteiger partial charge in [0.15, 0.2) is 0 Å². The van der Waals surface area contributed by atoms with Crippen molar-refractivity contribution in [3.63, 3.8) is 0 Å². The molecule has 2 atom stereocenters. The number of rotatable bonds is 5. The van der Waals surface area contributed by atoms with Crippen LogP contribution in [0.15, 0.2) is 23.1 Å². The van der Waals surface area contributed by atoms with Crippen LogP contribution in [-0.2, 0) is 10.0 Å². The van der Waals surface area contributed by atoms with Gasteiger partial charge in [-0.2, -0.15) is 0 Å². The lowest BCUT2D eigenvalue weighted by Gasteiger charge is -2.12. The van der Waals surface area contributed by atoms with E-state index in [1.807, 2.05) is 0 Å². The van der Waals surface area contributed by atoms with Crippen LogP contribution in [-0.4, -0.2) is 20.0 Å². The first kappa shape index (κ1) is 16.7. The van der Waals surface area contributed by atoms with E-state index in [-0.39, 0.29) is 14.9 Å². The molecule has 0 aliphatic heterocycles. The van der Waals surface area contributed by atoms with Crippen LogP contribution in [0, 0.1) is 11.8 Å². The summed E-state index contributed by atoms with van der Waals surface area (Å²) in [6.45, 7) is 2.67. The number of hydrogen-bond acceptors (Lipinski definition) is 3. The lowest BCUT2D eigenvalue weighted by molar-refractivity contribution is 0.498. The van der Waals surface area contributed by atoms with Crippen molar-refractivity contribution in [3.8, 4) is 0 Å². The molecule has 0 bridgehead atoms. The first-order valence-corrected chi connectivity index (χ1v) is 9.15. The van der Waals surface area contributed by atoms with Crippen molar-refractivity contribution in [2.75, 3.05) is 6.54 Å². The standard InChI is InChI=1S/C14H19ClN2O2S2/c1-9-2-3-10(6-9)8-17-21(18,19)11-4-5-12(14(16)20)13(15)7-11/h4-5,7,9-10,17H,2-3,6,8H2,1H3,(H2,16,20). The minimum absolute atomic E-state index is 0.138. The van der Waals surface area contributed by atoms with Crippen LogP contribution < -0.4 is 10.5 Å². The number of nitrogens with two attached hydrogens (primary N) is 1. The lowest BCUT2D eigenvalue weighted by atomic mass is 10.1. The SMILES string of the molecule is CC1CCC(CNS(=O)(=O)c2ccc(C(N)=S)c(Cl)c2)C1. The fourth-order valence-electron chi connectivity index (χ4n) is 2.68. The van der Waals surface area contributed by atoms with Gasteiger partial charge in [-0.3, -0.25) is 0 Å². The van der Waals surface area contributed by atoms with Crippen molar-refractivity contribution in [2.45, 2.75) is 31.1 Å². The predicted molar refractivity (Wildman–Crippen MR) is 89.0 cm³/mol. The van der Waals surface area contributed by atoms with Gasteiger partial charge >= 0.3 is 0 Å². The average Bonchev–Trinajstić information content (AvgIpc) is 2.82. The fourth-order valence-corrected chi connectivity index (χ4v) is 4.41. The largest absolute Gasteiger partial charge is 0.389 e. The molecule has 7 heteroatoms. The topological polar surface area (TPSA) is 72.2 Å². The van der Waals surface area contributed by atoms with Crippen molar-refractivity contribution in [1.29, 1.82) is 0 Å². The highest BCUT2D eigenvalue weighted by Gasteiger charge is 2.24. The van der Waals surface area contributed by atoms with Gasteiger partial charge in [-0.1, -0.05) is 37.2 Å². The summed E-state index contributed by atoms with van der Waals surface area (Å²) in [5.74, 6) is 1.10. The van der Waals surface area contributed by atoms with Gasteiger partial charge in [0.05, 0.1) is 9.92 Å². The van der Waals surface area contributed by atoms with Crippen LogP contribution in [0.5, 0.6) is 0 Å². The number of benzene rings is 1. The van der Waals surface area contributed by atoms with Crippen LogP contribution in [0.1, 0.15) is 31.7 Å². The summed E-state index contributed by atoms with van der Waals surface area (Å²) in [5, 5.41) is 0.250. The number of hydrogen-bond donors (Lipinski definition) is 2. The molecule has 0 spiro atoms. The molecule has 0 aromatic heterocycles. The van der Waals surface area contributed by atoms with Crippen LogP contribution in [0.25, 0.3) is 0 Å². The molecule has 2 rings (SSSR count). The Balaban J connectivity index is 2.09. The van der Waals surface area contributed by atoms with Gasteiger partial charge in [0.25, 0.3) is 0 Å². The normalized spacial score (nSPS) is 22.4. The maximum atomic E-state index is 12.3. The Morgan fingerprint density at radius 3 is 2.71 bits per heavy atom. The van der Waals surface area contributed by atoms with Gasteiger partial charge in [0.2, 0.25) is 10.0 Å². The van der Waals surface area contributed by atoms with E-state index in [4.69, 9.17) is 29.6 Å². The maximum absolute atomic E-state index is 12.3. The zero-order chi connectivity index (χ0) is 15.6. The summed E-state index contributed by atoms with van der Waals surface area (Å²) in [4.78, 5) is 0.287. The smallest absolute Gasteiger partial charge is 0.240 e. The molecule has 3 N–H and O–H groups in total. The van der Waals surface area contributed by atoms with Gasteiger partial charge in [-0.05, 0) is 42.9 Å². The molecule has 2 unspecified atom stereocenters. The first-order chi connectivity index (χ1) is 9.79. The Morgan fingerprint density at radius 2 is 2.19 bits per heavy atom. The molecule has 0 amide bonds. The molecule has 1 aromatic carbocycles. The predicted octanol–water partition coefficient (Wildman–Crippen LogP) is 2.69. The van der Waals surface area contributed by atoms with Crippen LogP contribution in [0.3, 0.4) is 0 Å². The van der Waals surface area contributed by atoms with E-state index in [0.717, 1.165) is 12.8 Å². The first-order valence-electron chi connectivity index (χ1n) is 6.88. The molecule has 1 fully saturated rings. The highest BCUT2D eigenvalue weighted by molar-refractivity contribution is 7.89. The van der Waals surface area contributed by atoms with Crippen molar-refractivity contribution in [1.82, 2.24) is 4.72 Å². The van der Waals surface area contributed by atoms with Gasteiger partial charge in [-0.15, -0.1) is 0 Å². The molecular formula is C14H19ClN2O2S2. The second kappa shape index (κ2) is 6.60. The molecule has 1 saturated carbocycles. The third-order valence-electron chi connectivity index (χ3n) is 3.88. The summed E-state index contributed by atoms with van der Waals surface area (Å²) in [5.41, 5.74) is 5.99. The molecule has 1 aliphatic carbocycles. The lowest BCUT2D eigenvalue weighted by Crippen LogP contribution is -2.28. The van der Waals surface area contributed by atoms with Gasteiger partial charge < -0.3 is 5.73 Å². The summed E-state index contributed by atoms with van der Waals surface area (Å²) < 4.78 is 27.2. The Hall–Kier alpha value is -0.690. The Bertz CT molecular complexity index is 646. The second-order valence-corrected chi connectivity index (χ2v) is 8.26. The number of nitrogens with one attached hydrogen (secondary N) is 1. The van der Waals surface area contributed by atoms with E-state index in [0.29, 0.717) is 23.9 Å². The molecular weight excluding hydrogens is 328 g/mol. The minimum atomic E-state index is -3.55. The molecule has 1 aliphatic rings. The highest BCUT2D eigenvalue weighted by Crippen LogP contribution is 2.30. The minimum Gasteiger partial charge on any atom is -0.389 e. The molecule has 116 valence electrons. The quantitative estimate of drug-likeness (QED) is 0.804. The van der Waals surface area contributed by atoms with E-state index >= 15 is 0 Å². The zero-order valence-electron chi connectivity index (χ0n) is 11.8. The van der Waals surface area contributed by atoms with Crippen molar-refractivity contribution in [3.05, 3.63) is 28.8 Å². The van der Waals surface area contributed by atoms with Crippen LogP contribution in [0.4, 0.5) is 0 Å². The Kier molecular flexibility index (Phi) is 5.24. The molecule has 4 nitrogen and oxygen atoms in total. The van der Waals surface area contributed by atoms with Crippen molar-refractivity contribution >= 4 is 38.8 Å². The molecule has 0 radical (unpaired) electrons. The van der Waals surface area contributed by atoms with Crippen molar-refractivity contribution in [2.24, 2.45) is 17.6 Å². The Morgan fingerprint density at radius 1 is 1.48 bits per heavy atom. The molecule has 0 heterocycles. The van der Waals surface area contributed by atoms with Crippen molar-refractivity contribution < 1.29 is 8.42 Å². The number of halogens is 1. The van der Waals surface area contributed by atoms with E-state index in [2.05, 4.69) is 11.6 Å². The molecule has 0 saturated heterocycles. The molecule has 1 aromatic rings. The summed E-state index contributed by atoms with van der Waals surface area (Å²) >= 11 is 10.9. The fraction of sp³-hybridized carbons (Fsp3) is 0.500. The van der Waals surface area contributed by atoms with Gasteiger partial charge in [0.1, 0.15) is 4.99 Å². The number of sulfonamides is 1. The van der Waals surface area contributed by atoms with Gasteiger partial charge in [0, 0.05) is 12.1 Å². The molecule has 21 heavy (non-hydrogen) atoms. The third kappa shape index (κ3) is 4.16. The van der Waals surface area contributed by atoms with Gasteiger partial charge in [-0.25, -0.2) is 13.1 Å². The van der Waals surface area contributed by atoms with Crippen LogP contribution >= 0.6 is 23.8 Å². The van der Waals surface area contributed by atoms with E-state index < -0.39 is 10.0 Å². The maximum Gasteiger partial charge on any atom is 0.240 e. The monoisotopic (exact) mass is 346 g/mol. The highest BCUT2D eigenvalue weighted by atomic mass is 35.5. The van der Waals surface area contributed by atoms with E-state index in [9.17, 15) is 8.42 Å².